The van der Waals surface area contributed by atoms with Gasteiger partial charge >= 0.3 is 0 Å². The van der Waals surface area contributed by atoms with Crippen LogP contribution in [0.1, 0.15) is 24.2 Å². The smallest absolute Gasteiger partial charge is 0.288 e. The third-order valence-electron chi connectivity index (χ3n) is 3.54. The van der Waals surface area contributed by atoms with Crippen molar-refractivity contribution < 1.29 is 14.5 Å². The van der Waals surface area contributed by atoms with Gasteiger partial charge in [-0.3, -0.25) is 25.0 Å². The first-order chi connectivity index (χ1) is 13.2. The summed E-state index contributed by atoms with van der Waals surface area (Å²) in [6.45, 7) is 3.56. The number of nitro benzene ring substituents is 1. The van der Waals surface area contributed by atoms with Gasteiger partial charge in [-0.1, -0.05) is 31.5 Å². The highest BCUT2D eigenvalue weighted by atomic mass is 35.5. The van der Waals surface area contributed by atoms with Gasteiger partial charge in [-0.15, -0.1) is 0 Å². The van der Waals surface area contributed by atoms with E-state index >= 15 is 0 Å². The molecule has 0 spiro atoms. The van der Waals surface area contributed by atoms with Crippen molar-refractivity contribution in [3.05, 3.63) is 63.2 Å². The van der Waals surface area contributed by atoms with Crippen molar-refractivity contribution in [3.63, 3.8) is 0 Å². The lowest BCUT2D eigenvalue weighted by Crippen LogP contribution is -2.34. The van der Waals surface area contributed by atoms with E-state index in [4.69, 9.17) is 23.8 Å². The van der Waals surface area contributed by atoms with Crippen molar-refractivity contribution in [2.24, 2.45) is 5.92 Å². The summed E-state index contributed by atoms with van der Waals surface area (Å²) in [7, 11) is 0. The summed E-state index contributed by atoms with van der Waals surface area (Å²) in [5.74, 6) is -0.917. The molecule has 0 aliphatic carbocycles. The van der Waals surface area contributed by atoms with E-state index in [9.17, 15) is 19.7 Å². The van der Waals surface area contributed by atoms with Crippen LogP contribution in [0, 0.1) is 16.0 Å². The van der Waals surface area contributed by atoms with Gasteiger partial charge in [-0.25, -0.2) is 0 Å². The lowest BCUT2D eigenvalue weighted by Gasteiger charge is -2.12. The number of nitro groups is 1. The molecule has 8 nitrogen and oxygen atoms in total. The molecule has 0 aliphatic heterocycles. The Hall–Kier alpha value is -3.04. The number of carbonyl (C=O) groups is 2. The van der Waals surface area contributed by atoms with E-state index in [1.165, 1.54) is 12.1 Å². The Morgan fingerprint density at radius 2 is 1.75 bits per heavy atom. The fourth-order valence-electron chi connectivity index (χ4n) is 2.09. The molecular formula is C18H17ClN4O4S. The van der Waals surface area contributed by atoms with Crippen molar-refractivity contribution >= 4 is 57.8 Å². The van der Waals surface area contributed by atoms with E-state index in [0.717, 1.165) is 6.07 Å². The van der Waals surface area contributed by atoms with E-state index in [1.807, 2.05) is 0 Å². The summed E-state index contributed by atoms with van der Waals surface area (Å²) in [6, 6.07) is 10.5. The molecule has 3 N–H and O–H groups in total. The van der Waals surface area contributed by atoms with Crippen LogP contribution in [-0.4, -0.2) is 21.9 Å². The van der Waals surface area contributed by atoms with Crippen LogP contribution in [0.2, 0.25) is 5.02 Å². The zero-order valence-electron chi connectivity index (χ0n) is 15.0. The van der Waals surface area contributed by atoms with Gasteiger partial charge in [0, 0.05) is 28.9 Å². The number of hydrogen-bond donors (Lipinski definition) is 3. The van der Waals surface area contributed by atoms with Crippen LogP contribution in [0.25, 0.3) is 0 Å². The molecule has 28 heavy (non-hydrogen) atoms. The molecule has 0 heterocycles. The van der Waals surface area contributed by atoms with Gasteiger partial charge in [0.2, 0.25) is 5.91 Å². The minimum Gasteiger partial charge on any atom is -0.332 e. The fraction of sp³-hybridized carbons (Fsp3) is 0.167. The van der Waals surface area contributed by atoms with Crippen molar-refractivity contribution in [2.75, 3.05) is 10.6 Å². The topological polar surface area (TPSA) is 113 Å². The third kappa shape index (κ3) is 5.73. The molecule has 0 radical (unpaired) electrons. The zero-order chi connectivity index (χ0) is 20.8. The summed E-state index contributed by atoms with van der Waals surface area (Å²) < 4.78 is 0. The molecule has 2 amide bonds. The Morgan fingerprint density at radius 1 is 1.11 bits per heavy atom. The highest BCUT2D eigenvalue weighted by Gasteiger charge is 2.17. The maximum atomic E-state index is 12.3. The van der Waals surface area contributed by atoms with E-state index in [-0.39, 0.29) is 33.2 Å². The second-order valence-corrected chi connectivity index (χ2v) is 6.87. The number of benzene rings is 2. The first-order valence-corrected chi connectivity index (χ1v) is 8.93. The first kappa shape index (κ1) is 21.3. The van der Waals surface area contributed by atoms with Crippen LogP contribution < -0.4 is 16.0 Å². The molecule has 0 aromatic heterocycles. The van der Waals surface area contributed by atoms with Crippen molar-refractivity contribution in [1.29, 1.82) is 0 Å². The molecule has 0 bridgehead atoms. The zero-order valence-corrected chi connectivity index (χ0v) is 16.6. The van der Waals surface area contributed by atoms with E-state index in [2.05, 4.69) is 16.0 Å². The number of amides is 2. The molecule has 0 atom stereocenters. The molecule has 2 aromatic carbocycles. The molecule has 0 aliphatic rings. The lowest BCUT2D eigenvalue weighted by molar-refractivity contribution is -0.384. The Labute approximate surface area is 171 Å². The van der Waals surface area contributed by atoms with Crippen molar-refractivity contribution in [2.45, 2.75) is 13.8 Å². The maximum Gasteiger partial charge on any atom is 0.288 e. The third-order valence-corrected chi connectivity index (χ3v) is 4.07. The van der Waals surface area contributed by atoms with Gasteiger partial charge < -0.3 is 10.6 Å². The number of carbonyl (C=O) groups excluding carboxylic acids is 2. The van der Waals surface area contributed by atoms with E-state index < -0.39 is 10.8 Å². The summed E-state index contributed by atoms with van der Waals surface area (Å²) >= 11 is 10.8. The minimum absolute atomic E-state index is 0.00469. The van der Waals surface area contributed by atoms with Gasteiger partial charge in [0.15, 0.2) is 5.11 Å². The highest BCUT2D eigenvalue weighted by molar-refractivity contribution is 7.80. The summed E-state index contributed by atoms with van der Waals surface area (Å²) in [6.07, 6.45) is 0. The van der Waals surface area contributed by atoms with Gasteiger partial charge in [-0.2, -0.15) is 0 Å². The second kappa shape index (κ2) is 9.25. The standard InChI is InChI=1S/C18H17ClN4O4S/c1-10(2)16(24)20-12-4-3-5-13(9-12)21-18(28)22-17(25)11-6-7-14(19)15(8-11)23(26)27/h3-10H,1-2H3,(H,20,24)(H2,21,22,25,28). The Bertz CT molecular complexity index is 949. The Morgan fingerprint density at radius 3 is 2.36 bits per heavy atom. The largest absolute Gasteiger partial charge is 0.332 e. The number of thiocarbonyl (C=S) groups is 1. The lowest BCUT2D eigenvalue weighted by atomic mass is 10.2. The van der Waals surface area contributed by atoms with E-state index in [1.54, 1.807) is 38.1 Å². The second-order valence-electron chi connectivity index (χ2n) is 6.06. The monoisotopic (exact) mass is 420 g/mol. The minimum atomic E-state index is -0.674. The number of nitrogens with zero attached hydrogens (tertiary/aromatic N) is 1. The normalized spacial score (nSPS) is 10.3. The molecule has 0 saturated carbocycles. The molecule has 0 unspecified atom stereocenters. The van der Waals surface area contributed by atoms with Crippen molar-refractivity contribution in [1.82, 2.24) is 5.32 Å². The average Bonchev–Trinajstić information content (AvgIpc) is 2.61. The van der Waals surface area contributed by atoms with Crippen molar-refractivity contribution in [3.8, 4) is 0 Å². The quantitative estimate of drug-likeness (QED) is 0.383. The Balaban J connectivity index is 2.04. The van der Waals surface area contributed by atoms with E-state index in [0.29, 0.717) is 11.4 Å². The molecule has 0 fully saturated rings. The maximum absolute atomic E-state index is 12.3. The molecule has 146 valence electrons. The molecular weight excluding hydrogens is 404 g/mol. The molecule has 2 aromatic rings. The van der Waals surface area contributed by atoms with Gasteiger partial charge in [-0.05, 0) is 42.5 Å². The molecule has 2 rings (SSSR count). The number of anilines is 2. The summed E-state index contributed by atoms with van der Waals surface area (Å²) in [4.78, 5) is 34.3. The summed E-state index contributed by atoms with van der Waals surface area (Å²) in [5.41, 5.74) is 0.792. The summed E-state index contributed by atoms with van der Waals surface area (Å²) in [5, 5.41) is 18.9. The van der Waals surface area contributed by atoms with Crippen LogP contribution in [-0.2, 0) is 4.79 Å². The van der Waals surface area contributed by atoms with Gasteiger partial charge in [0.1, 0.15) is 5.02 Å². The highest BCUT2D eigenvalue weighted by Crippen LogP contribution is 2.25. The van der Waals surface area contributed by atoms with Crippen LogP contribution in [0.15, 0.2) is 42.5 Å². The number of rotatable bonds is 5. The average molecular weight is 421 g/mol. The van der Waals surface area contributed by atoms with Gasteiger partial charge in [0.05, 0.1) is 4.92 Å². The fourth-order valence-corrected chi connectivity index (χ4v) is 2.49. The number of halogens is 1. The van der Waals surface area contributed by atoms with Crippen LogP contribution >= 0.6 is 23.8 Å². The first-order valence-electron chi connectivity index (χ1n) is 8.14. The molecule has 10 heteroatoms. The van der Waals surface area contributed by atoms with Crippen LogP contribution in [0.5, 0.6) is 0 Å². The van der Waals surface area contributed by atoms with Crippen LogP contribution in [0.3, 0.4) is 0 Å². The predicted octanol–water partition coefficient (Wildman–Crippen LogP) is 3.97. The number of hydrogen-bond acceptors (Lipinski definition) is 5. The SMILES string of the molecule is CC(C)C(=O)Nc1cccc(NC(=S)NC(=O)c2ccc(Cl)c([N+](=O)[O-])c2)c1. The van der Waals surface area contributed by atoms with Gasteiger partial charge in [0.25, 0.3) is 11.6 Å². The molecule has 0 saturated heterocycles. The number of nitrogens with one attached hydrogen (secondary N) is 3. The predicted molar refractivity (Wildman–Crippen MR) is 112 cm³/mol. The van der Waals surface area contributed by atoms with Crippen LogP contribution in [0.4, 0.5) is 17.1 Å². The Kier molecular flexibility index (Phi) is 7.02.